The van der Waals surface area contributed by atoms with Gasteiger partial charge in [-0.2, -0.15) is 0 Å². The number of anilines is 1. The summed E-state index contributed by atoms with van der Waals surface area (Å²) in [6.45, 7) is 5.50. The number of hydrogen-bond acceptors (Lipinski definition) is 5. The summed E-state index contributed by atoms with van der Waals surface area (Å²) in [7, 11) is -3.50. The van der Waals surface area contributed by atoms with Crippen LogP contribution in [-0.4, -0.2) is 26.3 Å². The molecule has 3 rings (SSSR count). The van der Waals surface area contributed by atoms with Crippen molar-refractivity contribution in [3.8, 4) is 0 Å². The first kappa shape index (κ1) is 24.2. The van der Waals surface area contributed by atoms with Gasteiger partial charge >= 0.3 is 0 Å². The Morgan fingerprint density at radius 2 is 1.70 bits per heavy atom. The highest BCUT2D eigenvalue weighted by atomic mass is 32.2. The van der Waals surface area contributed by atoms with E-state index in [0.717, 1.165) is 5.56 Å². The van der Waals surface area contributed by atoms with Crippen LogP contribution in [0.2, 0.25) is 0 Å². The number of aryl methyl sites for hydroxylation is 1. The highest BCUT2D eigenvalue weighted by Crippen LogP contribution is 2.19. The van der Waals surface area contributed by atoms with E-state index in [2.05, 4.69) is 15.4 Å². The van der Waals surface area contributed by atoms with Crippen molar-refractivity contribution in [2.45, 2.75) is 39.1 Å². The minimum absolute atomic E-state index is 0.161. The topological polar surface area (TPSA) is 118 Å². The van der Waals surface area contributed by atoms with Crippen LogP contribution in [0.4, 0.5) is 5.69 Å². The van der Waals surface area contributed by atoms with Gasteiger partial charge in [-0.25, -0.2) is 13.1 Å². The number of carbonyl (C=O) groups excluding carboxylic acids is 2. The van der Waals surface area contributed by atoms with Crippen LogP contribution in [-0.2, 0) is 22.3 Å². The molecule has 0 saturated carbocycles. The van der Waals surface area contributed by atoms with E-state index in [4.69, 9.17) is 4.42 Å². The van der Waals surface area contributed by atoms with Gasteiger partial charge in [-0.1, -0.05) is 30.3 Å². The molecule has 1 aromatic heterocycles. The summed E-state index contributed by atoms with van der Waals surface area (Å²) in [6.07, 6.45) is 1.41. The van der Waals surface area contributed by atoms with Gasteiger partial charge in [0.25, 0.3) is 11.8 Å². The number of rotatable bonds is 9. The Labute approximate surface area is 193 Å². The van der Waals surface area contributed by atoms with Crippen molar-refractivity contribution >= 4 is 27.5 Å². The summed E-state index contributed by atoms with van der Waals surface area (Å²) in [5.41, 5.74) is 2.97. The zero-order valence-electron chi connectivity index (χ0n) is 18.7. The van der Waals surface area contributed by atoms with Crippen LogP contribution in [0.25, 0.3) is 0 Å². The second-order valence-corrected chi connectivity index (χ2v) is 9.70. The summed E-state index contributed by atoms with van der Waals surface area (Å²) in [4.78, 5) is 25.0. The maximum atomic E-state index is 12.8. The first-order valence-corrected chi connectivity index (χ1v) is 12.1. The van der Waals surface area contributed by atoms with E-state index in [1.54, 1.807) is 68.4 Å². The maximum absolute atomic E-state index is 12.8. The number of sulfonamides is 1. The van der Waals surface area contributed by atoms with Crippen LogP contribution in [0, 0.1) is 6.92 Å². The minimum atomic E-state index is -3.50. The van der Waals surface area contributed by atoms with Gasteiger partial charge in [0.2, 0.25) is 10.0 Å². The van der Waals surface area contributed by atoms with Gasteiger partial charge in [-0.05, 0) is 61.7 Å². The fourth-order valence-corrected chi connectivity index (χ4v) is 4.74. The van der Waals surface area contributed by atoms with Crippen LogP contribution in [0.5, 0.6) is 0 Å². The molecule has 2 aromatic carbocycles. The second kappa shape index (κ2) is 10.5. The molecule has 0 aliphatic carbocycles. The molecule has 33 heavy (non-hydrogen) atoms. The molecule has 0 radical (unpaired) electrons. The Bertz CT molecular complexity index is 1230. The fraction of sp³-hybridized carbons (Fsp3) is 0.250. The molecule has 0 aliphatic heterocycles. The quantitative estimate of drug-likeness (QED) is 0.443. The SMILES string of the molecule is Cc1ccc(C(=O)NCc2ccccc2CS(=O)(=O)NC(C)C)cc1NC(=O)c1ccco1. The first-order chi connectivity index (χ1) is 15.6. The lowest BCUT2D eigenvalue weighted by Gasteiger charge is -2.14. The van der Waals surface area contributed by atoms with Gasteiger partial charge in [-0.3, -0.25) is 9.59 Å². The Morgan fingerprint density at radius 1 is 0.970 bits per heavy atom. The monoisotopic (exact) mass is 469 g/mol. The predicted octanol–water partition coefficient (Wildman–Crippen LogP) is 3.60. The highest BCUT2D eigenvalue weighted by Gasteiger charge is 2.17. The Hall–Kier alpha value is -3.43. The molecule has 0 aliphatic rings. The number of nitrogens with one attached hydrogen (secondary N) is 3. The van der Waals surface area contributed by atoms with Crippen LogP contribution in [0.3, 0.4) is 0 Å². The Balaban J connectivity index is 1.70. The normalized spacial score (nSPS) is 11.4. The third kappa shape index (κ3) is 6.77. The number of hydrogen-bond donors (Lipinski definition) is 3. The molecule has 8 nitrogen and oxygen atoms in total. The maximum Gasteiger partial charge on any atom is 0.291 e. The minimum Gasteiger partial charge on any atom is -0.459 e. The summed E-state index contributed by atoms with van der Waals surface area (Å²) in [5, 5.41) is 5.57. The fourth-order valence-electron chi connectivity index (χ4n) is 3.24. The zero-order valence-corrected chi connectivity index (χ0v) is 19.5. The van der Waals surface area contributed by atoms with E-state index in [-0.39, 0.29) is 30.0 Å². The number of carbonyl (C=O) groups is 2. The molecule has 0 atom stereocenters. The van der Waals surface area contributed by atoms with Crippen molar-refractivity contribution in [3.05, 3.63) is 88.9 Å². The molecule has 0 unspecified atom stereocenters. The smallest absolute Gasteiger partial charge is 0.291 e. The molecule has 0 saturated heterocycles. The van der Waals surface area contributed by atoms with Gasteiger partial charge < -0.3 is 15.1 Å². The largest absolute Gasteiger partial charge is 0.459 e. The lowest BCUT2D eigenvalue weighted by molar-refractivity contribution is 0.0949. The van der Waals surface area contributed by atoms with E-state index in [1.165, 1.54) is 6.26 Å². The molecule has 3 aromatic rings. The number of furan rings is 1. The van der Waals surface area contributed by atoms with Crippen LogP contribution >= 0.6 is 0 Å². The average molecular weight is 470 g/mol. The molecule has 0 bridgehead atoms. The van der Waals surface area contributed by atoms with Crippen LogP contribution in [0.1, 0.15) is 51.5 Å². The second-order valence-electron chi connectivity index (χ2n) is 7.94. The van der Waals surface area contributed by atoms with Crippen LogP contribution < -0.4 is 15.4 Å². The van der Waals surface area contributed by atoms with E-state index < -0.39 is 15.9 Å². The van der Waals surface area contributed by atoms with E-state index in [9.17, 15) is 18.0 Å². The van der Waals surface area contributed by atoms with Crippen molar-refractivity contribution < 1.29 is 22.4 Å². The molecule has 9 heteroatoms. The van der Waals surface area contributed by atoms with Crippen molar-refractivity contribution in [2.75, 3.05) is 5.32 Å². The average Bonchev–Trinajstić information content (AvgIpc) is 3.28. The number of amides is 2. The summed E-state index contributed by atoms with van der Waals surface area (Å²) in [6, 6.07) is 15.0. The molecule has 3 N–H and O–H groups in total. The van der Waals surface area contributed by atoms with Gasteiger partial charge in [0.15, 0.2) is 5.76 Å². The van der Waals surface area contributed by atoms with Gasteiger partial charge in [0.05, 0.1) is 12.0 Å². The van der Waals surface area contributed by atoms with Gasteiger partial charge in [0.1, 0.15) is 0 Å². The van der Waals surface area contributed by atoms with E-state index in [1.807, 2.05) is 6.92 Å². The highest BCUT2D eigenvalue weighted by molar-refractivity contribution is 7.88. The lowest BCUT2D eigenvalue weighted by atomic mass is 10.1. The molecule has 2 amide bonds. The molecule has 174 valence electrons. The molecular formula is C24H27N3O5S. The number of benzene rings is 2. The summed E-state index contributed by atoms with van der Waals surface area (Å²) >= 11 is 0. The summed E-state index contributed by atoms with van der Waals surface area (Å²) in [5.74, 6) is -0.764. The first-order valence-electron chi connectivity index (χ1n) is 10.4. The van der Waals surface area contributed by atoms with Gasteiger partial charge in [0, 0.05) is 23.8 Å². The molecular weight excluding hydrogens is 442 g/mol. The lowest BCUT2D eigenvalue weighted by Crippen LogP contribution is -2.32. The van der Waals surface area contributed by atoms with Crippen molar-refractivity contribution in [1.29, 1.82) is 0 Å². The predicted molar refractivity (Wildman–Crippen MR) is 126 cm³/mol. The Morgan fingerprint density at radius 3 is 2.36 bits per heavy atom. The third-order valence-corrected chi connectivity index (χ3v) is 6.33. The van der Waals surface area contributed by atoms with Gasteiger partial charge in [-0.15, -0.1) is 0 Å². The van der Waals surface area contributed by atoms with Crippen molar-refractivity contribution in [2.24, 2.45) is 0 Å². The van der Waals surface area contributed by atoms with E-state index >= 15 is 0 Å². The van der Waals surface area contributed by atoms with Crippen molar-refractivity contribution in [1.82, 2.24) is 10.0 Å². The zero-order chi connectivity index (χ0) is 24.0. The molecule has 0 spiro atoms. The van der Waals surface area contributed by atoms with Crippen LogP contribution in [0.15, 0.2) is 65.3 Å². The van der Waals surface area contributed by atoms with Crippen molar-refractivity contribution in [3.63, 3.8) is 0 Å². The standard InChI is InChI=1S/C24H27N3O5S/c1-16(2)27-33(30,31)15-20-8-5-4-7-19(20)14-25-23(28)18-11-10-17(3)21(13-18)26-24(29)22-9-6-12-32-22/h4-13,16,27H,14-15H2,1-3H3,(H,25,28)(H,26,29). The molecule has 0 fully saturated rings. The Kier molecular flexibility index (Phi) is 7.67. The summed E-state index contributed by atoms with van der Waals surface area (Å²) < 4.78 is 32.3. The third-order valence-electron chi connectivity index (χ3n) is 4.81. The molecule has 1 heterocycles. The van der Waals surface area contributed by atoms with E-state index in [0.29, 0.717) is 22.4 Å².